The van der Waals surface area contributed by atoms with Crippen molar-refractivity contribution in [2.75, 3.05) is 11.9 Å². The molecule has 0 saturated heterocycles. The summed E-state index contributed by atoms with van der Waals surface area (Å²) in [6, 6.07) is 23.6. The van der Waals surface area contributed by atoms with Gasteiger partial charge in [-0.1, -0.05) is 74.5 Å². The standard InChI is InChI=1S/C33H34N4O3/c1-5-39-28-17-23(15-16-27(28)40-20-22-12-7-6-8-13-22)30-29-25(18-33(3,4)19-26(29)38)34-32-35-31(36-37(30)32)24-14-10-9-11-21(24)2/h6-17,30H,5,18-20H2,1-4H3,(H,34,35,36). The Morgan fingerprint density at radius 3 is 2.52 bits per heavy atom. The minimum Gasteiger partial charge on any atom is -0.490 e. The van der Waals surface area contributed by atoms with Crippen molar-refractivity contribution in [3.8, 4) is 22.9 Å². The molecule has 3 aromatic carbocycles. The lowest BCUT2D eigenvalue weighted by atomic mass is 9.73. The number of aryl methyl sites for hydroxylation is 1. The molecule has 0 fully saturated rings. The lowest BCUT2D eigenvalue weighted by molar-refractivity contribution is -0.118. The first kappa shape index (κ1) is 25.9. The predicted octanol–water partition coefficient (Wildman–Crippen LogP) is 6.89. The van der Waals surface area contributed by atoms with E-state index in [1.165, 1.54) is 0 Å². The summed E-state index contributed by atoms with van der Waals surface area (Å²) >= 11 is 0. The monoisotopic (exact) mass is 534 g/mol. The highest BCUT2D eigenvalue weighted by atomic mass is 16.5. The number of carbonyl (C=O) groups is 1. The molecule has 4 aromatic rings. The van der Waals surface area contributed by atoms with Crippen molar-refractivity contribution in [1.29, 1.82) is 0 Å². The highest BCUT2D eigenvalue weighted by molar-refractivity contribution is 6.00. The zero-order valence-corrected chi connectivity index (χ0v) is 23.4. The Hall–Kier alpha value is -4.39. The molecular formula is C33H34N4O3. The smallest absolute Gasteiger partial charge is 0.226 e. The number of rotatable bonds is 7. The van der Waals surface area contributed by atoms with E-state index in [1.54, 1.807) is 0 Å². The maximum absolute atomic E-state index is 13.7. The van der Waals surface area contributed by atoms with Crippen molar-refractivity contribution < 1.29 is 14.3 Å². The van der Waals surface area contributed by atoms with Gasteiger partial charge in [-0.2, -0.15) is 4.98 Å². The number of hydrogen-bond acceptors (Lipinski definition) is 6. The van der Waals surface area contributed by atoms with Crippen LogP contribution in [0.1, 0.15) is 56.3 Å². The number of benzene rings is 3. The minimum atomic E-state index is -0.428. The fourth-order valence-corrected chi connectivity index (χ4v) is 5.67. The molecule has 0 spiro atoms. The molecular weight excluding hydrogens is 500 g/mol. The van der Waals surface area contributed by atoms with E-state index >= 15 is 0 Å². The van der Waals surface area contributed by atoms with E-state index in [-0.39, 0.29) is 11.2 Å². The van der Waals surface area contributed by atoms with Crippen LogP contribution in [-0.2, 0) is 11.4 Å². The fourth-order valence-electron chi connectivity index (χ4n) is 5.67. The Kier molecular flexibility index (Phi) is 6.66. The van der Waals surface area contributed by atoms with Gasteiger partial charge >= 0.3 is 0 Å². The van der Waals surface area contributed by atoms with E-state index in [0.29, 0.717) is 42.9 Å². The van der Waals surface area contributed by atoms with E-state index in [0.717, 1.165) is 39.9 Å². The summed E-state index contributed by atoms with van der Waals surface area (Å²) in [5, 5.41) is 8.44. The van der Waals surface area contributed by atoms with Crippen molar-refractivity contribution in [1.82, 2.24) is 14.8 Å². The van der Waals surface area contributed by atoms with Crippen LogP contribution in [0.2, 0.25) is 0 Å². The largest absolute Gasteiger partial charge is 0.490 e. The van der Waals surface area contributed by atoms with Crippen LogP contribution in [0.25, 0.3) is 11.4 Å². The van der Waals surface area contributed by atoms with Crippen molar-refractivity contribution in [3.63, 3.8) is 0 Å². The number of aromatic nitrogens is 3. The summed E-state index contributed by atoms with van der Waals surface area (Å²) in [7, 11) is 0. The summed E-state index contributed by atoms with van der Waals surface area (Å²) in [5.74, 6) is 2.69. The number of fused-ring (bicyclic) bond motifs is 1. The van der Waals surface area contributed by atoms with Gasteiger partial charge in [0.15, 0.2) is 23.1 Å². The van der Waals surface area contributed by atoms with Gasteiger partial charge in [-0.25, -0.2) is 4.68 Å². The molecule has 204 valence electrons. The van der Waals surface area contributed by atoms with Gasteiger partial charge in [0.05, 0.1) is 6.61 Å². The number of hydrogen-bond donors (Lipinski definition) is 1. The van der Waals surface area contributed by atoms with Crippen molar-refractivity contribution in [3.05, 3.63) is 101 Å². The molecule has 1 N–H and O–H groups in total. The lowest BCUT2D eigenvalue weighted by Gasteiger charge is -2.38. The molecule has 2 heterocycles. The molecule has 1 atom stereocenters. The Balaban J connectivity index is 1.44. The van der Waals surface area contributed by atoms with E-state index in [2.05, 4.69) is 32.2 Å². The lowest BCUT2D eigenvalue weighted by Crippen LogP contribution is -2.36. The molecule has 1 unspecified atom stereocenters. The van der Waals surface area contributed by atoms with Gasteiger partial charge in [-0.15, -0.1) is 5.10 Å². The average molecular weight is 535 g/mol. The number of nitrogens with one attached hydrogen (secondary N) is 1. The van der Waals surface area contributed by atoms with Crippen LogP contribution >= 0.6 is 0 Å². The van der Waals surface area contributed by atoms with Crippen LogP contribution < -0.4 is 14.8 Å². The van der Waals surface area contributed by atoms with Crippen LogP contribution in [-0.4, -0.2) is 27.2 Å². The number of nitrogens with zero attached hydrogens (tertiary/aromatic N) is 3. The van der Waals surface area contributed by atoms with Crippen molar-refractivity contribution in [2.24, 2.45) is 5.41 Å². The van der Waals surface area contributed by atoms with E-state index in [1.807, 2.05) is 78.3 Å². The van der Waals surface area contributed by atoms with E-state index in [9.17, 15) is 4.79 Å². The van der Waals surface area contributed by atoms with Gasteiger partial charge in [0.1, 0.15) is 12.6 Å². The summed E-state index contributed by atoms with van der Waals surface area (Å²) in [6.45, 7) is 9.20. The number of ether oxygens (including phenoxy) is 2. The zero-order valence-electron chi connectivity index (χ0n) is 23.4. The third-order valence-corrected chi connectivity index (χ3v) is 7.54. The highest BCUT2D eigenvalue weighted by Gasteiger charge is 2.42. The van der Waals surface area contributed by atoms with Gasteiger partial charge in [-0.3, -0.25) is 4.79 Å². The first-order chi connectivity index (χ1) is 19.3. The maximum atomic E-state index is 13.7. The highest BCUT2D eigenvalue weighted by Crippen LogP contribution is 2.47. The molecule has 0 bridgehead atoms. The molecule has 0 amide bonds. The molecule has 7 nitrogen and oxygen atoms in total. The fraction of sp³-hybridized carbons (Fsp3) is 0.303. The van der Waals surface area contributed by atoms with Gasteiger partial charge in [0.25, 0.3) is 0 Å². The number of allylic oxidation sites excluding steroid dienone is 2. The average Bonchev–Trinajstić information content (AvgIpc) is 3.35. The predicted molar refractivity (Wildman–Crippen MR) is 155 cm³/mol. The van der Waals surface area contributed by atoms with E-state index < -0.39 is 6.04 Å². The zero-order chi connectivity index (χ0) is 27.9. The molecule has 0 radical (unpaired) electrons. The quantitative estimate of drug-likeness (QED) is 0.278. The maximum Gasteiger partial charge on any atom is 0.226 e. The topological polar surface area (TPSA) is 78.3 Å². The second kappa shape index (κ2) is 10.3. The number of ketones is 1. The Morgan fingerprint density at radius 1 is 0.975 bits per heavy atom. The van der Waals surface area contributed by atoms with Crippen LogP contribution in [0.5, 0.6) is 11.5 Å². The Bertz CT molecular complexity index is 1600. The Labute approximate surface area is 234 Å². The summed E-state index contributed by atoms with van der Waals surface area (Å²) in [4.78, 5) is 18.6. The molecule has 1 aliphatic carbocycles. The third-order valence-electron chi connectivity index (χ3n) is 7.54. The normalized spacial score (nSPS) is 17.6. The van der Waals surface area contributed by atoms with Gasteiger partial charge in [-0.05, 0) is 54.5 Å². The number of carbonyl (C=O) groups excluding carboxylic acids is 1. The molecule has 40 heavy (non-hydrogen) atoms. The van der Waals surface area contributed by atoms with E-state index in [4.69, 9.17) is 19.6 Å². The third kappa shape index (κ3) is 4.88. The SMILES string of the molecule is CCOc1cc(C2C3=C(CC(C)(C)CC3=O)Nc3nc(-c4ccccc4C)nn32)ccc1OCc1ccccc1. The first-order valence-electron chi connectivity index (χ1n) is 13.8. The van der Waals surface area contributed by atoms with Crippen LogP contribution in [0, 0.1) is 12.3 Å². The summed E-state index contributed by atoms with van der Waals surface area (Å²) in [6.07, 6.45) is 1.24. The number of Topliss-reactive ketones (excluding diaryl/α,β-unsaturated/α-hetero) is 1. The Morgan fingerprint density at radius 2 is 1.75 bits per heavy atom. The molecule has 1 aliphatic heterocycles. The second-order valence-corrected chi connectivity index (χ2v) is 11.3. The van der Waals surface area contributed by atoms with Crippen LogP contribution in [0.4, 0.5) is 5.95 Å². The van der Waals surface area contributed by atoms with Crippen molar-refractivity contribution in [2.45, 2.75) is 53.2 Å². The minimum absolute atomic E-state index is 0.129. The first-order valence-corrected chi connectivity index (χ1v) is 13.8. The van der Waals surface area contributed by atoms with Gasteiger partial charge < -0.3 is 14.8 Å². The second-order valence-electron chi connectivity index (χ2n) is 11.3. The van der Waals surface area contributed by atoms with Crippen LogP contribution in [0.3, 0.4) is 0 Å². The summed E-state index contributed by atoms with van der Waals surface area (Å²) in [5.41, 5.74) is 5.57. The van der Waals surface area contributed by atoms with Crippen LogP contribution in [0.15, 0.2) is 84.1 Å². The summed E-state index contributed by atoms with van der Waals surface area (Å²) < 4.78 is 14.1. The van der Waals surface area contributed by atoms with Gasteiger partial charge in [0, 0.05) is 23.3 Å². The molecule has 1 aromatic heterocycles. The number of anilines is 1. The van der Waals surface area contributed by atoms with Crippen molar-refractivity contribution >= 4 is 11.7 Å². The van der Waals surface area contributed by atoms with Gasteiger partial charge in [0.2, 0.25) is 5.95 Å². The molecule has 7 heteroatoms. The molecule has 6 rings (SSSR count). The molecule has 2 aliphatic rings. The molecule has 0 saturated carbocycles.